The largest absolute Gasteiger partial charge is 0.469 e. The lowest BCUT2D eigenvalue weighted by molar-refractivity contribution is -0.176. The van der Waals surface area contributed by atoms with Gasteiger partial charge >= 0.3 is 11.9 Å². The normalized spacial score (nSPS) is 22.3. The van der Waals surface area contributed by atoms with Crippen LogP contribution in [-0.4, -0.2) is 51.2 Å². The van der Waals surface area contributed by atoms with Gasteiger partial charge in [-0.15, -0.1) is 0 Å². The van der Waals surface area contributed by atoms with Gasteiger partial charge in [-0.05, 0) is 79.5 Å². The molecule has 5 nitrogen and oxygen atoms in total. The summed E-state index contributed by atoms with van der Waals surface area (Å²) in [6, 6.07) is 21.7. The van der Waals surface area contributed by atoms with Gasteiger partial charge in [0.2, 0.25) is 0 Å². The molecule has 0 aliphatic heterocycles. The van der Waals surface area contributed by atoms with E-state index in [1.54, 1.807) is 0 Å². The standard InChI is InChI=1S/C41H63NO4/c1-14-31(4)27-41(32-21-17-15-18-22-32,33-23-19-16-20-24-33)36(5,6)28-40(35(44)45-13)29-38(40,9)37(7,8)39(10,30(2)3)34(43)46-26-25-42(11)12/h15-24,30-31H,14,25-29H2,1-13H3. The van der Waals surface area contributed by atoms with Crippen LogP contribution in [-0.2, 0) is 24.5 Å². The Bertz CT molecular complexity index is 1280. The molecule has 1 fully saturated rings. The Balaban J connectivity index is 2.22. The van der Waals surface area contributed by atoms with E-state index < -0.39 is 21.7 Å². The molecule has 0 radical (unpaired) electrons. The third-order valence-electron chi connectivity index (χ3n) is 13.0. The van der Waals surface area contributed by atoms with Gasteiger partial charge in [0.15, 0.2) is 0 Å². The Morgan fingerprint density at radius 3 is 1.80 bits per heavy atom. The molecule has 4 unspecified atom stereocenters. The number of esters is 2. The van der Waals surface area contributed by atoms with Gasteiger partial charge in [-0.25, -0.2) is 0 Å². The van der Waals surface area contributed by atoms with Gasteiger partial charge in [-0.1, -0.05) is 129 Å². The van der Waals surface area contributed by atoms with E-state index in [2.05, 4.69) is 123 Å². The Labute approximate surface area is 280 Å². The number of carbonyl (C=O) groups excluding carboxylic acids is 2. The number of likely N-dealkylation sites (N-methyl/N-ethyl adjacent to an activating group) is 1. The lowest BCUT2D eigenvalue weighted by Gasteiger charge is -2.53. The van der Waals surface area contributed by atoms with Crippen LogP contribution in [0.5, 0.6) is 0 Å². The van der Waals surface area contributed by atoms with Crippen molar-refractivity contribution in [2.75, 3.05) is 34.4 Å². The minimum Gasteiger partial charge on any atom is -0.469 e. The zero-order valence-electron chi connectivity index (χ0n) is 31.3. The molecule has 1 aliphatic carbocycles. The average Bonchev–Trinajstić information content (AvgIpc) is 3.64. The minimum absolute atomic E-state index is 0.00623. The van der Waals surface area contributed by atoms with Crippen molar-refractivity contribution in [3.05, 3.63) is 71.8 Å². The number of ether oxygens (including phenoxy) is 2. The number of hydrogen-bond acceptors (Lipinski definition) is 5. The third-order valence-corrected chi connectivity index (χ3v) is 13.0. The number of carbonyl (C=O) groups is 2. The highest BCUT2D eigenvalue weighted by Gasteiger charge is 2.80. The van der Waals surface area contributed by atoms with Crippen LogP contribution in [0.3, 0.4) is 0 Å². The first-order valence-electron chi connectivity index (χ1n) is 17.4. The highest BCUT2D eigenvalue weighted by molar-refractivity contribution is 5.84. The summed E-state index contributed by atoms with van der Waals surface area (Å²) < 4.78 is 11.7. The van der Waals surface area contributed by atoms with Gasteiger partial charge in [-0.2, -0.15) is 0 Å². The second-order valence-electron chi connectivity index (χ2n) is 16.4. The van der Waals surface area contributed by atoms with Crippen molar-refractivity contribution in [3.63, 3.8) is 0 Å². The lowest BCUT2D eigenvalue weighted by atomic mass is 9.49. The molecule has 0 heterocycles. The molecule has 0 bridgehead atoms. The molecule has 46 heavy (non-hydrogen) atoms. The smallest absolute Gasteiger partial charge is 0.312 e. The summed E-state index contributed by atoms with van der Waals surface area (Å²) in [5, 5.41) is 0. The Morgan fingerprint density at radius 2 is 1.39 bits per heavy atom. The van der Waals surface area contributed by atoms with Crippen LogP contribution in [0.1, 0.15) is 106 Å². The van der Waals surface area contributed by atoms with Gasteiger partial charge in [0, 0.05) is 12.0 Å². The molecule has 0 amide bonds. The van der Waals surface area contributed by atoms with Crippen molar-refractivity contribution in [1.29, 1.82) is 0 Å². The van der Waals surface area contributed by atoms with E-state index in [0.717, 1.165) is 12.8 Å². The van der Waals surface area contributed by atoms with Crippen LogP contribution < -0.4 is 0 Å². The molecular weight excluding hydrogens is 570 g/mol. The van der Waals surface area contributed by atoms with E-state index in [1.165, 1.54) is 18.2 Å². The van der Waals surface area contributed by atoms with Crippen LogP contribution in [0.25, 0.3) is 0 Å². The second-order valence-corrected chi connectivity index (χ2v) is 16.4. The number of nitrogens with zero attached hydrogens (tertiary/aromatic N) is 1. The molecule has 0 saturated heterocycles. The summed E-state index contributed by atoms with van der Waals surface area (Å²) >= 11 is 0. The monoisotopic (exact) mass is 633 g/mol. The van der Waals surface area contributed by atoms with Gasteiger partial charge in [-0.3, -0.25) is 9.59 Å². The first kappa shape index (κ1) is 37.8. The van der Waals surface area contributed by atoms with E-state index in [-0.39, 0.29) is 28.7 Å². The van der Waals surface area contributed by atoms with Crippen molar-refractivity contribution >= 4 is 11.9 Å². The topological polar surface area (TPSA) is 55.8 Å². The van der Waals surface area contributed by atoms with Gasteiger partial charge in [0.1, 0.15) is 6.61 Å². The van der Waals surface area contributed by atoms with E-state index in [4.69, 9.17) is 9.47 Å². The first-order valence-corrected chi connectivity index (χ1v) is 17.4. The maximum absolute atomic E-state index is 14.3. The summed E-state index contributed by atoms with van der Waals surface area (Å²) in [5.74, 6) is 0.0761. The first-order chi connectivity index (χ1) is 21.3. The molecule has 0 aromatic heterocycles. The van der Waals surface area contributed by atoms with Crippen LogP contribution in [0.2, 0.25) is 0 Å². The number of rotatable bonds is 16. The molecular formula is C41H63NO4. The van der Waals surface area contributed by atoms with Crippen LogP contribution in [0, 0.1) is 38.9 Å². The van der Waals surface area contributed by atoms with Gasteiger partial charge in [0.05, 0.1) is 17.9 Å². The molecule has 256 valence electrons. The highest BCUT2D eigenvalue weighted by atomic mass is 16.5. The molecule has 4 atom stereocenters. The Kier molecular flexibility index (Phi) is 11.4. The predicted molar refractivity (Wildman–Crippen MR) is 190 cm³/mol. The zero-order valence-corrected chi connectivity index (χ0v) is 31.3. The number of methoxy groups -OCH3 is 1. The fourth-order valence-electron chi connectivity index (χ4n) is 8.94. The second kappa shape index (κ2) is 13.8. The molecule has 5 heteroatoms. The maximum Gasteiger partial charge on any atom is 0.312 e. The molecule has 2 aromatic rings. The molecule has 0 spiro atoms. The molecule has 1 saturated carbocycles. The SMILES string of the molecule is CCC(C)CC(c1ccccc1)(c1ccccc1)C(C)(C)CC1(C(=O)OC)CC1(C)C(C)(C)C(C)(C(=O)OCCN(C)C)C(C)C. The fraction of sp³-hybridized carbons (Fsp3) is 0.659. The van der Waals surface area contributed by atoms with E-state index in [1.807, 2.05) is 25.9 Å². The summed E-state index contributed by atoms with van der Waals surface area (Å²) in [7, 11) is 5.47. The Hall–Kier alpha value is -2.66. The van der Waals surface area contributed by atoms with Gasteiger partial charge in [0.25, 0.3) is 0 Å². The third kappa shape index (κ3) is 6.18. The number of hydrogen-bond donors (Lipinski definition) is 0. The molecule has 0 N–H and O–H groups in total. The van der Waals surface area contributed by atoms with Crippen LogP contribution >= 0.6 is 0 Å². The quantitative estimate of drug-likeness (QED) is 0.173. The summed E-state index contributed by atoms with van der Waals surface area (Å²) in [5.41, 5.74) is -0.923. The predicted octanol–water partition coefficient (Wildman–Crippen LogP) is 9.19. The van der Waals surface area contributed by atoms with Crippen LogP contribution in [0.15, 0.2) is 60.7 Å². The van der Waals surface area contributed by atoms with Gasteiger partial charge < -0.3 is 14.4 Å². The molecule has 3 rings (SSSR count). The fourth-order valence-corrected chi connectivity index (χ4v) is 8.94. The van der Waals surface area contributed by atoms with Crippen LogP contribution in [0.4, 0.5) is 0 Å². The zero-order chi connectivity index (χ0) is 34.8. The summed E-state index contributed by atoms with van der Waals surface area (Å²) in [6.07, 6.45) is 3.28. The van der Waals surface area contributed by atoms with E-state index in [0.29, 0.717) is 31.9 Å². The summed E-state index contributed by atoms with van der Waals surface area (Å²) in [4.78, 5) is 30.4. The average molecular weight is 634 g/mol. The minimum atomic E-state index is -0.833. The molecule has 2 aromatic carbocycles. The van der Waals surface area contributed by atoms with Crippen molar-refractivity contribution in [1.82, 2.24) is 4.90 Å². The van der Waals surface area contributed by atoms with E-state index in [9.17, 15) is 9.59 Å². The number of benzene rings is 2. The van der Waals surface area contributed by atoms with Crippen molar-refractivity contribution < 1.29 is 19.1 Å². The van der Waals surface area contributed by atoms with Crippen molar-refractivity contribution in [2.45, 2.75) is 100 Å². The van der Waals surface area contributed by atoms with Crippen molar-refractivity contribution in [2.24, 2.45) is 38.9 Å². The molecule has 1 aliphatic rings. The summed E-state index contributed by atoms with van der Waals surface area (Å²) in [6.45, 7) is 23.1. The lowest BCUT2D eigenvalue weighted by Crippen LogP contribution is -2.54. The Morgan fingerprint density at radius 1 is 0.891 bits per heavy atom. The highest BCUT2D eigenvalue weighted by Crippen LogP contribution is 2.80. The van der Waals surface area contributed by atoms with Crippen molar-refractivity contribution in [3.8, 4) is 0 Å². The maximum atomic E-state index is 14.3. The van der Waals surface area contributed by atoms with E-state index >= 15 is 0 Å².